The van der Waals surface area contributed by atoms with Gasteiger partial charge in [-0.05, 0) is 43.6 Å². The molecule has 1 aliphatic carbocycles. The van der Waals surface area contributed by atoms with Crippen LogP contribution >= 0.6 is 0 Å². The van der Waals surface area contributed by atoms with Gasteiger partial charge in [0.1, 0.15) is 0 Å². The molecule has 0 aromatic rings. The zero-order valence-electron chi connectivity index (χ0n) is 12.4. The molecule has 3 nitrogen and oxygen atoms in total. The van der Waals surface area contributed by atoms with Crippen molar-refractivity contribution in [3.05, 3.63) is 0 Å². The van der Waals surface area contributed by atoms with Gasteiger partial charge in [0.25, 0.3) is 0 Å². The van der Waals surface area contributed by atoms with Gasteiger partial charge in [0.05, 0.1) is 6.42 Å². The molecule has 0 aromatic heterocycles. The molecule has 18 heavy (non-hydrogen) atoms. The summed E-state index contributed by atoms with van der Waals surface area (Å²) in [6.07, 6.45) is 5.77. The van der Waals surface area contributed by atoms with Gasteiger partial charge in [0.15, 0.2) is 0 Å². The lowest BCUT2D eigenvalue weighted by atomic mass is 9.65. The number of hydrogen-bond acceptors (Lipinski definition) is 2. The average Bonchev–Trinajstić information content (AvgIpc) is 2.29. The molecular weight excluding hydrogens is 226 g/mol. The van der Waals surface area contributed by atoms with E-state index in [1.807, 2.05) is 0 Å². The molecule has 1 aliphatic rings. The fourth-order valence-corrected chi connectivity index (χ4v) is 3.32. The Morgan fingerprint density at radius 3 is 2.28 bits per heavy atom. The monoisotopic (exact) mass is 255 g/mol. The number of carboxylic acids is 1. The average molecular weight is 255 g/mol. The number of carboxylic acid groups (broad SMARTS) is 1. The first-order valence-electron chi connectivity index (χ1n) is 7.32. The quantitative estimate of drug-likeness (QED) is 0.764. The predicted molar refractivity (Wildman–Crippen MR) is 74.7 cm³/mol. The van der Waals surface area contributed by atoms with Crippen LogP contribution in [0.25, 0.3) is 0 Å². The number of rotatable bonds is 6. The molecule has 0 atom stereocenters. The normalized spacial score (nSPS) is 29.2. The minimum Gasteiger partial charge on any atom is -0.481 e. The molecule has 1 fully saturated rings. The highest BCUT2D eigenvalue weighted by molar-refractivity contribution is 5.68. The maximum Gasteiger partial charge on any atom is 0.305 e. The van der Waals surface area contributed by atoms with Gasteiger partial charge in [-0.25, -0.2) is 0 Å². The van der Waals surface area contributed by atoms with Crippen LogP contribution in [0.5, 0.6) is 0 Å². The molecule has 106 valence electrons. The van der Waals surface area contributed by atoms with Crippen LogP contribution in [0.3, 0.4) is 0 Å². The summed E-state index contributed by atoms with van der Waals surface area (Å²) in [5, 5.41) is 12.5. The van der Waals surface area contributed by atoms with Crippen LogP contribution in [0.2, 0.25) is 0 Å². The van der Waals surface area contributed by atoms with E-state index in [0.717, 1.165) is 38.1 Å². The van der Waals surface area contributed by atoms with Gasteiger partial charge in [-0.1, -0.05) is 34.1 Å². The van der Waals surface area contributed by atoms with Crippen LogP contribution in [-0.2, 0) is 4.79 Å². The highest BCUT2D eigenvalue weighted by atomic mass is 16.4. The third-order valence-electron chi connectivity index (χ3n) is 5.00. The van der Waals surface area contributed by atoms with Crippen molar-refractivity contribution in [1.82, 2.24) is 5.32 Å². The molecule has 0 spiro atoms. The second kappa shape index (κ2) is 6.05. The van der Waals surface area contributed by atoms with Crippen molar-refractivity contribution in [2.24, 2.45) is 11.3 Å². The van der Waals surface area contributed by atoms with Gasteiger partial charge in [-0.3, -0.25) is 4.79 Å². The van der Waals surface area contributed by atoms with E-state index in [-0.39, 0.29) is 12.0 Å². The first-order valence-corrected chi connectivity index (χ1v) is 7.32. The second-order valence-electron chi connectivity index (χ2n) is 6.50. The standard InChI is InChI=1S/C15H29NO2/c1-5-14(3,4)12-7-9-15(10-8-12,16-6-2)11-13(17)18/h12,16H,5-11H2,1-4H3,(H,17,18). The Bertz CT molecular complexity index is 278. The molecule has 1 saturated carbocycles. The van der Waals surface area contributed by atoms with Gasteiger partial charge in [-0.15, -0.1) is 0 Å². The molecule has 1 rings (SSSR count). The number of hydrogen-bond donors (Lipinski definition) is 2. The maximum atomic E-state index is 11.0. The van der Waals surface area contributed by atoms with Crippen LogP contribution in [0.1, 0.15) is 66.2 Å². The lowest BCUT2D eigenvalue weighted by Crippen LogP contribution is -2.50. The van der Waals surface area contributed by atoms with Gasteiger partial charge in [0, 0.05) is 5.54 Å². The Morgan fingerprint density at radius 2 is 1.89 bits per heavy atom. The van der Waals surface area contributed by atoms with Crippen LogP contribution < -0.4 is 5.32 Å². The Morgan fingerprint density at radius 1 is 1.33 bits per heavy atom. The molecular formula is C15H29NO2. The Balaban J connectivity index is 2.65. The van der Waals surface area contributed by atoms with E-state index in [0.29, 0.717) is 5.41 Å². The summed E-state index contributed by atoms with van der Waals surface area (Å²) in [7, 11) is 0. The summed E-state index contributed by atoms with van der Waals surface area (Å²) >= 11 is 0. The Hall–Kier alpha value is -0.570. The Kier molecular flexibility index (Phi) is 5.20. The summed E-state index contributed by atoms with van der Waals surface area (Å²) in [4.78, 5) is 11.0. The van der Waals surface area contributed by atoms with Crippen molar-refractivity contribution >= 4 is 5.97 Å². The van der Waals surface area contributed by atoms with Gasteiger partial charge in [-0.2, -0.15) is 0 Å². The summed E-state index contributed by atoms with van der Waals surface area (Å²) in [5.41, 5.74) is 0.239. The zero-order valence-corrected chi connectivity index (χ0v) is 12.4. The molecule has 0 bridgehead atoms. The Labute approximate surface area is 111 Å². The lowest BCUT2D eigenvalue weighted by Gasteiger charge is -2.45. The maximum absolute atomic E-state index is 11.0. The number of aliphatic carboxylic acids is 1. The van der Waals surface area contributed by atoms with Crippen LogP contribution in [0.4, 0.5) is 0 Å². The highest BCUT2D eigenvalue weighted by Crippen LogP contribution is 2.44. The molecule has 0 amide bonds. The number of carbonyl (C=O) groups is 1. The fourth-order valence-electron chi connectivity index (χ4n) is 3.32. The molecule has 0 unspecified atom stereocenters. The molecule has 3 heteroatoms. The molecule has 0 radical (unpaired) electrons. The summed E-state index contributed by atoms with van der Waals surface area (Å²) in [6, 6.07) is 0. The van der Waals surface area contributed by atoms with E-state index in [1.54, 1.807) is 0 Å². The van der Waals surface area contributed by atoms with E-state index < -0.39 is 5.97 Å². The van der Waals surface area contributed by atoms with Gasteiger partial charge in [0.2, 0.25) is 0 Å². The van der Waals surface area contributed by atoms with Crippen LogP contribution in [0, 0.1) is 11.3 Å². The summed E-state index contributed by atoms with van der Waals surface area (Å²) in [5.74, 6) is 0.0622. The fraction of sp³-hybridized carbons (Fsp3) is 0.933. The van der Waals surface area contributed by atoms with Crippen molar-refractivity contribution < 1.29 is 9.90 Å². The zero-order chi connectivity index (χ0) is 13.8. The minimum atomic E-state index is -0.677. The van der Waals surface area contributed by atoms with Crippen molar-refractivity contribution in [3.8, 4) is 0 Å². The topological polar surface area (TPSA) is 49.3 Å². The molecule has 0 aliphatic heterocycles. The first-order chi connectivity index (χ1) is 8.35. The summed E-state index contributed by atoms with van der Waals surface area (Å²) < 4.78 is 0. The number of nitrogens with one attached hydrogen (secondary N) is 1. The lowest BCUT2D eigenvalue weighted by molar-refractivity contribution is -0.139. The van der Waals surface area contributed by atoms with Crippen molar-refractivity contribution in [2.75, 3.05) is 6.54 Å². The molecule has 0 heterocycles. The van der Waals surface area contributed by atoms with Crippen molar-refractivity contribution in [3.63, 3.8) is 0 Å². The predicted octanol–water partition coefficient (Wildman–Crippen LogP) is 3.44. The van der Waals surface area contributed by atoms with Crippen LogP contribution in [0.15, 0.2) is 0 Å². The second-order valence-corrected chi connectivity index (χ2v) is 6.50. The van der Waals surface area contributed by atoms with Crippen molar-refractivity contribution in [2.45, 2.75) is 71.8 Å². The van der Waals surface area contributed by atoms with Crippen molar-refractivity contribution in [1.29, 1.82) is 0 Å². The third kappa shape index (κ3) is 3.71. The SMILES string of the molecule is CCNC1(CC(=O)O)CCC(C(C)(C)CC)CC1. The van der Waals surface area contributed by atoms with Crippen LogP contribution in [-0.4, -0.2) is 23.2 Å². The molecule has 2 N–H and O–H groups in total. The van der Waals surface area contributed by atoms with Gasteiger partial charge < -0.3 is 10.4 Å². The van der Waals surface area contributed by atoms with E-state index in [4.69, 9.17) is 5.11 Å². The largest absolute Gasteiger partial charge is 0.481 e. The smallest absolute Gasteiger partial charge is 0.305 e. The van der Waals surface area contributed by atoms with E-state index >= 15 is 0 Å². The summed E-state index contributed by atoms with van der Waals surface area (Å²) in [6.45, 7) is 9.86. The highest BCUT2D eigenvalue weighted by Gasteiger charge is 2.40. The third-order valence-corrected chi connectivity index (χ3v) is 5.00. The minimum absolute atomic E-state index is 0.152. The first kappa shape index (κ1) is 15.5. The molecule has 0 aromatic carbocycles. The van der Waals surface area contributed by atoms with E-state index in [1.165, 1.54) is 6.42 Å². The van der Waals surface area contributed by atoms with E-state index in [9.17, 15) is 4.79 Å². The van der Waals surface area contributed by atoms with E-state index in [2.05, 4.69) is 33.0 Å². The van der Waals surface area contributed by atoms with Gasteiger partial charge >= 0.3 is 5.97 Å². The molecule has 0 saturated heterocycles.